The number of ether oxygens (including phenoxy) is 2. The molecule has 168 valence electrons. The van der Waals surface area contributed by atoms with Crippen molar-refractivity contribution in [1.29, 1.82) is 0 Å². The predicted molar refractivity (Wildman–Crippen MR) is 123 cm³/mol. The molecule has 0 aliphatic rings. The smallest absolute Gasteiger partial charge is 0.338 e. The zero-order valence-corrected chi connectivity index (χ0v) is 19.5. The van der Waals surface area contributed by atoms with Gasteiger partial charge in [-0.1, -0.05) is 35.1 Å². The summed E-state index contributed by atoms with van der Waals surface area (Å²) in [5.74, 6) is -1.17. The van der Waals surface area contributed by atoms with E-state index >= 15 is 0 Å². The van der Waals surface area contributed by atoms with Crippen molar-refractivity contribution >= 4 is 39.4 Å². The average Bonchev–Trinajstić information content (AvgIpc) is 3.06. The van der Waals surface area contributed by atoms with E-state index in [1.807, 2.05) is 32.0 Å². The summed E-state index contributed by atoms with van der Waals surface area (Å²) in [5.41, 5.74) is 4.16. The van der Waals surface area contributed by atoms with Crippen molar-refractivity contribution in [3.63, 3.8) is 0 Å². The fraction of sp³-hybridized carbons (Fsp3) is 0.333. The Hall–Kier alpha value is -3.26. The first-order valence-electron chi connectivity index (χ1n) is 10.4. The normalized spacial score (nSPS) is 11.6. The highest BCUT2D eigenvalue weighted by Crippen LogP contribution is 2.20. The van der Waals surface area contributed by atoms with Gasteiger partial charge < -0.3 is 14.0 Å². The van der Waals surface area contributed by atoms with Gasteiger partial charge in [0.15, 0.2) is 4.80 Å². The predicted octanol–water partition coefficient (Wildman–Crippen LogP) is 3.73. The van der Waals surface area contributed by atoms with Crippen molar-refractivity contribution in [1.82, 2.24) is 4.57 Å². The Kier molecular flexibility index (Phi) is 7.58. The number of carbonyl (C=O) groups is 3. The van der Waals surface area contributed by atoms with E-state index < -0.39 is 11.9 Å². The van der Waals surface area contributed by atoms with E-state index in [2.05, 4.69) is 4.99 Å². The van der Waals surface area contributed by atoms with Gasteiger partial charge in [-0.3, -0.25) is 9.59 Å². The van der Waals surface area contributed by atoms with Crippen LogP contribution in [0.5, 0.6) is 0 Å². The molecule has 0 spiro atoms. The first-order chi connectivity index (χ1) is 15.3. The molecule has 0 saturated carbocycles. The minimum atomic E-state index is -0.427. The van der Waals surface area contributed by atoms with Crippen molar-refractivity contribution in [2.24, 2.45) is 4.99 Å². The van der Waals surface area contributed by atoms with Crippen LogP contribution in [0.1, 0.15) is 40.9 Å². The van der Waals surface area contributed by atoms with Crippen LogP contribution >= 0.6 is 11.3 Å². The van der Waals surface area contributed by atoms with Crippen LogP contribution in [0, 0.1) is 13.8 Å². The van der Waals surface area contributed by atoms with Gasteiger partial charge in [0, 0.05) is 0 Å². The molecule has 0 atom stereocenters. The highest BCUT2D eigenvalue weighted by molar-refractivity contribution is 7.16. The molecule has 3 rings (SSSR count). The largest absolute Gasteiger partial charge is 0.465 e. The second kappa shape index (κ2) is 10.4. The number of aryl methyl sites for hydroxylation is 2. The number of fused-ring (bicyclic) bond motifs is 1. The van der Waals surface area contributed by atoms with Crippen molar-refractivity contribution < 1.29 is 23.9 Å². The Morgan fingerprint density at radius 2 is 1.75 bits per heavy atom. The Balaban J connectivity index is 2.02. The molecule has 2 aromatic carbocycles. The molecule has 32 heavy (non-hydrogen) atoms. The molecule has 0 aliphatic carbocycles. The molecule has 0 unspecified atom stereocenters. The van der Waals surface area contributed by atoms with Gasteiger partial charge in [-0.15, -0.1) is 0 Å². The molecular formula is C24H26N2O5S. The number of carbonyl (C=O) groups excluding carboxylic acids is 3. The topological polar surface area (TPSA) is 87.0 Å². The molecule has 1 aromatic heterocycles. The first-order valence-corrected chi connectivity index (χ1v) is 11.2. The number of aromatic nitrogens is 1. The summed E-state index contributed by atoms with van der Waals surface area (Å²) in [7, 11) is 0. The lowest BCUT2D eigenvalue weighted by Crippen LogP contribution is -2.23. The van der Waals surface area contributed by atoms with Gasteiger partial charge in [0.1, 0.15) is 6.54 Å². The van der Waals surface area contributed by atoms with E-state index in [0.29, 0.717) is 15.9 Å². The number of nitrogens with zero attached hydrogens (tertiary/aromatic N) is 2. The van der Waals surface area contributed by atoms with Gasteiger partial charge >= 0.3 is 11.9 Å². The number of amides is 1. The molecule has 7 nitrogen and oxygen atoms in total. The standard InChI is InChI=1S/C24H26N2O5S/c1-5-30-22(28)14-26-19-10-9-18(23(29)31-6-2)12-20(19)32-24(26)25-21(27)13-17-8-7-15(3)11-16(17)4/h7-12H,5-6,13-14H2,1-4H3. The highest BCUT2D eigenvalue weighted by atomic mass is 32.1. The zero-order chi connectivity index (χ0) is 23.3. The summed E-state index contributed by atoms with van der Waals surface area (Å²) >= 11 is 1.24. The van der Waals surface area contributed by atoms with Crippen LogP contribution < -0.4 is 4.80 Å². The van der Waals surface area contributed by atoms with Crippen LogP contribution in [-0.2, 0) is 32.0 Å². The molecule has 0 fully saturated rings. The molecule has 3 aromatic rings. The molecule has 0 bridgehead atoms. The van der Waals surface area contributed by atoms with E-state index in [1.165, 1.54) is 11.3 Å². The van der Waals surface area contributed by atoms with Gasteiger partial charge in [-0.05, 0) is 57.0 Å². The summed E-state index contributed by atoms with van der Waals surface area (Å²) in [6, 6.07) is 11.0. The van der Waals surface area contributed by atoms with Crippen LogP contribution in [0.15, 0.2) is 41.4 Å². The van der Waals surface area contributed by atoms with Gasteiger partial charge in [0.25, 0.3) is 5.91 Å². The van der Waals surface area contributed by atoms with Crippen molar-refractivity contribution in [2.45, 2.75) is 40.7 Å². The Morgan fingerprint density at radius 3 is 2.44 bits per heavy atom. The minimum Gasteiger partial charge on any atom is -0.465 e. The number of hydrogen-bond acceptors (Lipinski definition) is 6. The maximum Gasteiger partial charge on any atom is 0.338 e. The molecule has 0 N–H and O–H groups in total. The van der Waals surface area contributed by atoms with Crippen molar-refractivity contribution in [2.75, 3.05) is 13.2 Å². The quantitative estimate of drug-likeness (QED) is 0.508. The summed E-state index contributed by atoms with van der Waals surface area (Å²) < 4.78 is 12.5. The number of hydrogen-bond donors (Lipinski definition) is 0. The molecule has 8 heteroatoms. The molecular weight excluding hydrogens is 428 g/mol. The molecule has 0 saturated heterocycles. The van der Waals surface area contributed by atoms with E-state index in [1.54, 1.807) is 36.6 Å². The van der Waals surface area contributed by atoms with E-state index in [4.69, 9.17) is 9.47 Å². The van der Waals surface area contributed by atoms with E-state index in [9.17, 15) is 14.4 Å². The van der Waals surface area contributed by atoms with Crippen molar-refractivity contribution in [3.8, 4) is 0 Å². The third kappa shape index (κ3) is 5.50. The van der Waals surface area contributed by atoms with Gasteiger partial charge in [-0.2, -0.15) is 4.99 Å². The molecule has 0 radical (unpaired) electrons. The molecule has 0 aliphatic heterocycles. The number of rotatable bonds is 7. The zero-order valence-electron chi connectivity index (χ0n) is 18.6. The van der Waals surface area contributed by atoms with Crippen LogP contribution in [0.3, 0.4) is 0 Å². The SMILES string of the molecule is CCOC(=O)Cn1c(=NC(=O)Cc2ccc(C)cc2C)sc2cc(C(=O)OCC)ccc21. The first kappa shape index (κ1) is 23.4. The van der Waals surface area contributed by atoms with Gasteiger partial charge in [0.05, 0.1) is 35.4 Å². The lowest BCUT2D eigenvalue weighted by atomic mass is 10.0. The minimum absolute atomic E-state index is 0.0811. The summed E-state index contributed by atoms with van der Waals surface area (Å²) in [5, 5.41) is 0. The third-order valence-corrected chi connectivity index (χ3v) is 5.89. The van der Waals surface area contributed by atoms with Gasteiger partial charge in [0.2, 0.25) is 0 Å². The monoisotopic (exact) mass is 454 g/mol. The van der Waals surface area contributed by atoms with E-state index in [-0.39, 0.29) is 32.1 Å². The van der Waals surface area contributed by atoms with Crippen LogP contribution in [0.25, 0.3) is 10.2 Å². The fourth-order valence-corrected chi connectivity index (χ4v) is 4.43. The second-order valence-corrected chi connectivity index (χ2v) is 8.30. The van der Waals surface area contributed by atoms with Gasteiger partial charge in [-0.25, -0.2) is 4.79 Å². The Bertz CT molecular complexity index is 1240. The van der Waals surface area contributed by atoms with Crippen LogP contribution in [0.4, 0.5) is 0 Å². The van der Waals surface area contributed by atoms with Crippen LogP contribution in [0.2, 0.25) is 0 Å². The summed E-state index contributed by atoms with van der Waals surface area (Å²) in [4.78, 5) is 41.7. The number of benzene rings is 2. The number of thiazole rings is 1. The second-order valence-electron chi connectivity index (χ2n) is 7.29. The maximum absolute atomic E-state index is 12.8. The summed E-state index contributed by atoms with van der Waals surface area (Å²) in [6.45, 7) is 7.90. The molecule has 1 heterocycles. The summed E-state index contributed by atoms with van der Waals surface area (Å²) in [6.07, 6.45) is 0.161. The Morgan fingerprint density at radius 1 is 1.00 bits per heavy atom. The highest BCUT2D eigenvalue weighted by Gasteiger charge is 2.15. The average molecular weight is 455 g/mol. The maximum atomic E-state index is 12.8. The Labute approximate surface area is 190 Å². The van der Waals surface area contributed by atoms with E-state index in [0.717, 1.165) is 21.4 Å². The third-order valence-electron chi connectivity index (χ3n) is 4.85. The lowest BCUT2D eigenvalue weighted by molar-refractivity contribution is -0.143. The van der Waals surface area contributed by atoms with Crippen molar-refractivity contribution in [3.05, 3.63) is 63.5 Å². The fourth-order valence-electron chi connectivity index (χ4n) is 3.34. The van der Waals surface area contributed by atoms with Crippen LogP contribution in [-0.4, -0.2) is 35.6 Å². The lowest BCUT2D eigenvalue weighted by Gasteiger charge is -2.06. The number of esters is 2. The molecule has 1 amide bonds.